The van der Waals surface area contributed by atoms with Crippen molar-refractivity contribution in [2.75, 3.05) is 25.7 Å². The number of benzene rings is 1. The van der Waals surface area contributed by atoms with Crippen molar-refractivity contribution in [3.63, 3.8) is 0 Å². The van der Waals surface area contributed by atoms with Gasteiger partial charge in [-0.05, 0) is 19.1 Å². The van der Waals surface area contributed by atoms with E-state index in [1.54, 1.807) is 30.3 Å². The quantitative estimate of drug-likeness (QED) is 0.664. The molecule has 0 amide bonds. The van der Waals surface area contributed by atoms with Gasteiger partial charge in [0.25, 0.3) is 6.10 Å². The predicted octanol–water partition coefficient (Wildman–Crippen LogP) is 3.35. The summed E-state index contributed by atoms with van der Waals surface area (Å²) in [5.41, 5.74) is 0.346. The summed E-state index contributed by atoms with van der Waals surface area (Å²) in [6, 6.07) is 8.53. The average molecular weight is 427 g/mol. The Balaban J connectivity index is 1.94. The number of esters is 2. The van der Waals surface area contributed by atoms with E-state index in [1.165, 1.54) is 14.2 Å². The molecule has 6 nitrogen and oxygen atoms in total. The molecular weight excluding hydrogens is 400 g/mol. The van der Waals surface area contributed by atoms with E-state index in [4.69, 9.17) is 18.9 Å². The van der Waals surface area contributed by atoms with Crippen LogP contribution >= 0.6 is 23.5 Å². The zero-order valence-corrected chi connectivity index (χ0v) is 18.1. The Morgan fingerprint density at radius 2 is 1.79 bits per heavy atom. The van der Waals surface area contributed by atoms with Gasteiger partial charge in [-0.2, -0.15) is 0 Å². The van der Waals surface area contributed by atoms with Crippen LogP contribution < -0.4 is 0 Å². The molecule has 4 atom stereocenters. The van der Waals surface area contributed by atoms with Gasteiger partial charge in [0.15, 0.2) is 0 Å². The van der Waals surface area contributed by atoms with E-state index in [9.17, 15) is 9.59 Å². The predicted molar refractivity (Wildman–Crippen MR) is 109 cm³/mol. The third kappa shape index (κ3) is 3.92. The molecule has 0 radical (unpaired) electrons. The molecular formula is C20H26O6S2. The number of carbonyl (C=O) groups excluding carboxylic acids is 2. The molecule has 1 aromatic rings. The van der Waals surface area contributed by atoms with Crippen LogP contribution in [0, 0.1) is 5.92 Å². The smallest absolute Gasteiger partial charge is 0.352 e. The second-order valence-corrected chi connectivity index (χ2v) is 10.1. The van der Waals surface area contributed by atoms with Gasteiger partial charge in [-0.25, -0.2) is 9.59 Å². The molecule has 0 saturated carbocycles. The first-order valence-electron chi connectivity index (χ1n) is 9.22. The highest BCUT2D eigenvalue weighted by Crippen LogP contribution is 2.59. The fourth-order valence-electron chi connectivity index (χ4n) is 3.71. The lowest BCUT2D eigenvalue weighted by Gasteiger charge is -2.52. The molecule has 1 spiro atoms. The van der Waals surface area contributed by atoms with Gasteiger partial charge >= 0.3 is 11.9 Å². The number of hydrogen-bond donors (Lipinski definition) is 0. The van der Waals surface area contributed by atoms with Gasteiger partial charge in [-0.15, -0.1) is 23.5 Å². The molecule has 0 aliphatic carbocycles. The largest absolute Gasteiger partial charge is 0.466 e. The molecule has 1 aromatic carbocycles. The number of rotatable bonds is 5. The summed E-state index contributed by atoms with van der Waals surface area (Å²) in [6.07, 6.45) is -1.10. The van der Waals surface area contributed by atoms with Crippen molar-refractivity contribution in [1.29, 1.82) is 0 Å². The Labute approximate surface area is 174 Å². The molecule has 2 saturated heterocycles. The minimum atomic E-state index is -1.41. The average Bonchev–Trinajstić information content (AvgIpc) is 3.18. The lowest BCUT2D eigenvalue weighted by Crippen LogP contribution is -2.62. The van der Waals surface area contributed by atoms with Crippen molar-refractivity contribution < 1.29 is 28.5 Å². The van der Waals surface area contributed by atoms with Gasteiger partial charge in [0.1, 0.15) is 0 Å². The van der Waals surface area contributed by atoms with Gasteiger partial charge in [-0.1, -0.05) is 25.1 Å². The number of thioether (sulfide) groups is 2. The van der Waals surface area contributed by atoms with E-state index in [0.717, 1.165) is 11.5 Å². The summed E-state index contributed by atoms with van der Waals surface area (Å²) in [5, 5.41) is 0. The Hall–Kier alpha value is -1.22. The van der Waals surface area contributed by atoms with E-state index in [0.29, 0.717) is 12.0 Å². The first kappa shape index (κ1) is 21.5. The van der Waals surface area contributed by atoms with E-state index >= 15 is 0 Å². The summed E-state index contributed by atoms with van der Waals surface area (Å²) >= 11 is 3.72. The number of ether oxygens (including phenoxy) is 4. The van der Waals surface area contributed by atoms with Crippen LogP contribution in [-0.4, -0.2) is 59.7 Å². The Kier molecular flexibility index (Phi) is 6.64. The topological polar surface area (TPSA) is 71.1 Å². The number of hydrogen-bond acceptors (Lipinski definition) is 8. The van der Waals surface area contributed by atoms with Gasteiger partial charge < -0.3 is 18.9 Å². The van der Waals surface area contributed by atoms with Crippen molar-refractivity contribution in [2.45, 2.75) is 42.3 Å². The first-order valence-corrected chi connectivity index (χ1v) is 11.2. The summed E-state index contributed by atoms with van der Waals surface area (Å²) in [7, 11) is 2.74. The van der Waals surface area contributed by atoms with Crippen molar-refractivity contribution in [1.82, 2.24) is 0 Å². The van der Waals surface area contributed by atoms with Gasteiger partial charge in [-0.3, -0.25) is 0 Å². The van der Waals surface area contributed by atoms with Crippen LogP contribution in [-0.2, 0) is 23.7 Å². The molecule has 2 heterocycles. The molecule has 3 rings (SSSR count). The minimum absolute atomic E-state index is 0.168. The number of methoxy groups -OCH3 is 2. The lowest BCUT2D eigenvalue weighted by molar-refractivity contribution is -0.311. The molecule has 0 bridgehead atoms. The highest BCUT2D eigenvalue weighted by Gasteiger charge is 2.61. The third-order valence-corrected chi connectivity index (χ3v) is 9.24. The third-order valence-electron chi connectivity index (χ3n) is 5.45. The molecule has 154 valence electrons. The maximum atomic E-state index is 12.7. The molecule has 28 heavy (non-hydrogen) atoms. The van der Waals surface area contributed by atoms with E-state index in [1.807, 2.05) is 30.4 Å². The minimum Gasteiger partial charge on any atom is -0.466 e. The van der Waals surface area contributed by atoms with Gasteiger partial charge in [0.2, 0.25) is 5.79 Å². The van der Waals surface area contributed by atoms with Crippen LogP contribution in [0.2, 0.25) is 0 Å². The van der Waals surface area contributed by atoms with E-state index in [2.05, 4.69) is 6.92 Å². The van der Waals surface area contributed by atoms with Crippen LogP contribution in [0.5, 0.6) is 0 Å². The maximum absolute atomic E-state index is 12.7. The Bertz CT molecular complexity index is 706. The van der Waals surface area contributed by atoms with Crippen LogP contribution in [0.25, 0.3) is 0 Å². The fourth-order valence-corrected chi connectivity index (χ4v) is 7.42. The second-order valence-electron chi connectivity index (χ2n) is 6.99. The first-order chi connectivity index (χ1) is 13.4. The molecule has 0 aromatic heterocycles. The molecule has 0 N–H and O–H groups in total. The standard InChI is InChI=1S/C20H26O6S2/c1-13-14(2)26-19(24-4,12-20(13)27-10-11-28-20)16(18(22)23-3)25-17(21)15-8-6-5-7-9-15/h5-9,13-14,16H,10-12H2,1-4H3/t13-,14+,16+,19+/m0/s1. The molecule has 2 fully saturated rings. The monoisotopic (exact) mass is 426 g/mol. The van der Waals surface area contributed by atoms with Crippen molar-refractivity contribution in [2.24, 2.45) is 5.92 Å². The van der Waals surface area contributed by atoms with Crippen LogP contribution in [0.15, 0.2) is 30.3 Å². The SMILES string of the molecule is COC(=O)[C@@H](OC(=O)c1ccccc1)[C@@]1(OC)CC2(SCCS2)[C@@H](C)[C@@H](C)O1. The molecule has 8 heteroatoms. The Morgan fingerprint density at radius 1 is 1.14 bits per heavy atom. The highest BCUT2D eigenvalue weighted by atomic mass is 32.2. The van der Waals surface area contributed by atoms with Crippen molar-refractivity contribution in [3.8, 4) is 0 Å². The fraction of sp³-hybridized carbons (Fsp3) is 0.600. The zero-order valence-electron chi connectivity index (χ0n) is 16.5. The van der Waals surface area contributed by atoms with Crippen LogP contribution in [0.4, 0.5) is 0 Å². The molecule has 2 aliphatic heterocycles. The van der Waals surface area contributed by atoms with Crippen molar-refractivity contribution >= 4 is 35.5 Å². The van der Waals surface area contributed by atoms with Crippen LogP contribution in [0.1, 0.15) is 30.6 Å². The van der Waals surface area contributed by atoms with E-state index < -0.39 is 23.8 Å². The van der Waals surface area contributed by atoms with Crippen molar-refractivity contribution in [3.05, 3.63) is 35.9 Å². The maximum Gasteiger partial charge on any atom is 0.352 e. The van der Waals surface area contributed by atoms with E-state index in [-0.39, 0.29) is 16.1 Å². The van der Waals surface area contributed by atoms with Gasteiger partial charge in [0, 0.05) is 31.0 Å². The molecule has 2 aliphatic rings. The summed E-state index contributed by atoms with van der Waals surface area (Å²) in [6.45, 7) is 4.12. The normalized spacial score (nSPS) is 30.0. The summed E-state index contributed by atoms with van der Waals surface area (Å²) in [4.78, 5) is 25.3. The highest BCUT2D eigenvalue weighted by molar-refractivity contribution is 8.21. The zero-order chi connectivity index (χ0) is 20.4. The van der Waals surface area contributed by atoms with Crippen LogP contribution in [0.3, 0.4) is 0 Å². The second kappa shape index (κ2) is 8.65. The molecule has 0 unspecified atom stereocenters. The van der Waals surface area contributed by atoms with Gasteiger partial charge in [0.05, 0.1) is 22.9 Å². The lowest BCUT2D eigenvalue weighted by atomic mass is 9.88. The summed E-state index contributed by atoms with van der Waals surface area (Å²) in [5.74, 6) is -0.438. The number of carbonyl (C=O) groups is 2. The Morgan fingerprint density at radius 3 is 2.36 bits per heavy atom. The summed E-state index contributed by atoms with van der Waals surface area (Å²) < 4.78 is 22.4.